The van der Waals surface area contributed by atoms with Gasteiger partial charge in [0.05, 0.1) is 10.6 Å². The van der Waals surface area contributed by atoms with E-state index in [2.05, 4.69) is 17.3 Å². The van der Waals surface area contributed by atoms with E-state index >= 15 is 0 Å². The number of piperidine rings is 1. The van der Waals surface area contributed by atoms with Gasteiger partial charge in [0.15, 0.2) is 0 Å². The van der Waals surface area contributed by atoms with Crippen LogP contribution in [0.1, 0.15) is 24.8 Å². The van der Waals surface area contributed by atoms with Gasteiger partial charge in [0.2, 0.25) is 10.0 Å². The first kappa shape index (κ1) is 18.9. The Morgan fingerprint density at radius 1 is 1.00 bits per heavy atom. The molecule has 0 spiro atoms. The Morgan fingerprint density at radius 2 is 1.68 bits per heavy atom. The number of allylic oxidation sites excluding steroid dienone is 1. The van der Waals surface area contributed by atoms with Crippen molar-refractivity contribution >= 4 is 15.7 Å². The first-order chi connectivity index (χ1) is 13.5. The van der Waals surface area contributed by atoms with E-state index in [0.29, 0.717) is 36.5 Å². The number of benzene rings is 2. The van der Waals surface area contributed by atoms with Crippen molar-refractivity contribution < 1.29 is 13.6 Å². The Balaban J connectivity index is 1.71. The molecule has 2 aromatic carbocycles. The van der Waals surface area contributed by atoms with E-state index in [1.807, 2.05) is 30.3 Å². The summed E-state index contributed by atoms with van der Waals surface area (Å²) >= 11 is 0. The first-order valence-electron chi connectivity index (χ1n) is 9.55. The van der Waals surface area contributed by atoms with Crippen LogP contribution < -0.4 is 0 Å². The maximum Gasteiger partial charge on any atom is 0.243 e. The molecule has 1 aliphatic carbocycles. The first-order valence-corrected chi connectivity index (χ1v) is 11.0. The summed E-state index contributed by atoms with van der Waals surface area (Å²) in [4.78, 5) is 0.339. The predicted molar refractivity (Wildman–Crippen MR) is 109 cm³/mol. The lowest BCUT2D eigenvalue weighted by Crippen LogP contribution is -2.49. The zero-order valence-electron chi connectivity index (χ0n) is 15.7. The van der Waals surface area contributed by atoms with Crippen LogP contribution >= 0.6 is 0 Å². The maximum atomic E-state index is 13.2. The molecule has 6 heteroatoms. The molecule has 1 N–H and O–H groups in total. The van der Waals surface area contributed by atoms with Gasteiger partial charge in [0.25, 0.3) is 0 Å². The van der Waals surface area contributed by atoms with E-state index in [0.717, 1.165) is 12.8 Å². The molecule has 0 radical (unpaired) electrons. The van der Waals surface area contributed by atoms with E-state index in [9.17, 15) is 13.6 Å². The highest BCUT2D eigenvalue weighted by Crippen LogP contribution is 2.46. The average molecular weight is 397 g/mol. The van der Waals surface area contributed by atoms with Crippen LogP contribution in [0, 0.1) is 5.41 Å². The molecule has 0 saturated carbocycles. The molecule has 1 saturated heterocycles. The Morgan fingerprint density at radius 3 is 2.36 bits per heavy atom. The summed E-state index contributed by atoms with van der Waals surface area (Å²) in [7, 11) is -3.54. The van der Waals surface area contributed by atoms with Crippen LogP contribution in [-0.2, 0) is 16.4 Å². The van der Waals surface area contributed by atoms with Gasteiger partial charge in [-0.3, -0.25) is 0 Å². The Hall–Kier alpha value is -2.44. The molecule has 2 aliphatic rings. The van der Waals surface area contributed by atoms with E-state index in [-0.39, 0.29) is 5.41 Å². The van der Waals surface area contributed by atoms with Crippen LogP contribution in [0.2, 0.25) is 0 Å². The Kier molecular flexibility index (Phi) is 5.08. The summed E-state index contributed by atoms with van der Waals surface area (Å²) in [5.74, 6) is 0. The number of sulfonamides is 1. The van der Waals surface area contributed by atoms with Gasteiger partial charge >= 0.3 is 0 Å². The maximum absolute atomic E-state index is 13.2. The Bertz CT molecular complexity index is 1000. The zero-order chi connectivity index (χ0) is 19.6. The molecule has 0 amide bonds. The molecule has 5 nitrogen and oxygen atoms in total. The molecular formula is C22H24N2O3S. The van der Waals surface area contributed by atoms with Gasteiger partial charge in [-0.1, -0.05) is 59.3 Å². The Labute approximate surface area is 166 Å². The van der Waals surface area contributed by atoms with Crippen molar-refractivity contribution in [3.8, 4) is 0 Å². The number of hydrogen-bond acceptors (Lipinski definition) is 4. The standard InChI is InChI=1S/C22H24N2O3S/c25-23-20-11-13-22(16-18-7-3-1-4-8-18)17-24(14-12-19(22)15-20)28(26,27)21-9-5-2-6-10-21/h1-10,15,25H,11-14,16-17H2. The van der Waals surface area contributed by atoms with Gasteiger partial charge in [0, 0.05) is 18.5 Å². The summed E-state index contributed by atoms with van der Waals surface area (Å²) in [6, 6.07) is 18.8. The van der Waals surface area contributed by atoms with Crippen LogP contribution in [0.4, 0.5) is 0 Å². The van der Waals surface area contributed by atoms with E-state index in [1.54, 1.807) is 28.6 Å². The summed E-state index contributed by atoms with van der Waals surface area (Å²) in [5, 5.41) is 12.6. The van der Waals surface area contributed by atoms with Crippen molar-refractivity contribution in [3.05, 3.63) is 77.9 Å². The fourth-order valence-corrected chi connectivity index (χ4v) is 5.95. The van der Waals surface area contributed by atoms with E-state index in [4.69, 9.17) is 0 Å². The van der Waals surface area contributed by atoms with Crippen molar-refractivity contribution in [3.63, 3.8) is 0 Å². The molecule has 1 heterocycles. The fraction of sp³-hybridized carbons (Fsp3) is 0.318. The van der Waals surface area contributed by atoms with Gasteiger partial charge < -0.3 is 5.21 Å². The molecule has 1 atom stereocenters. The summed E-state index contributed by atoms with van der Waals surface area (Å²) in [6.45, 7) is 0.891. The van der Waals surface area contributed by atoms with Crippen LogP contribution in [-0.4, -0.2) is 36.7 Å². The summed E-state index contributed by atoms with van der Waals surface area (Å²) in [6.07, 6.45) is 4.82. The molecule has 28 heavy (non-hydrogen) atoms. The third-order valence-corrected chi connectivity index (χ3v) is 7.75. The smallest absolute Gasteiger partial charge is 0.243 e. The molecule has 0 aromatic heterocycles. The quantitative estimate of drug-likeness (QED) is 0.630. The van der Waals surface area contributed by atoms with E-state index in [1.165, 1.54) is 11.1 Å². The fourth-order valence-electron chi connectivity index (χ4n) is 4.40. The topological polar surface area (TPSA) is 70.0 Å². The van der Waals surface area contributed by atoms with Crippen molar-refractivity contribution in [2.75, 3.05) is 13.1 Å². The average Bonchev–Trinajstić information content (AvgIpc) is 2.74. The predicted octanol–water partition coefficient (Wildman–Crippen LogP) is 3.86. The van der Waals surface area contributed by atoms with Gasteiger partial charge in [-0.2, -0.15) is 4.31 Å². The highest BCUT2D eigenvalue weighted by Gasteiger charge is 2.44. The highest BCUT2D eigenvalue weighted by atomic mass is 32.2. The monoisotopic (exact) mass is 396 g/mol. The van der Waals surface area contributed by atoms with Gasteiger partial charge in [0.1, 0.15) is 0 Å². The molecule has 146 valence electrons. The molecule has 1 fully saturated rings. The van der Waals surface area contributed by atoms with Gasteiger partial charge in [-0.15, -0.1) is 0 Å². The summed E-state index contributed by atoms with van der Waals surface area (Å²) in [5.41, 5.74) is 2.79. The normalized spacial score (nSPS) is 24.6. The van der Waals surface area contributed by atoms with Crippen molar-refractivity contribution in [1.82, 2.24) is 4.31 Å². The SMILES string of the molecule is O=S(=O)(c1ccccc1)N1CCC2=CC(=NO)CCC2(Cc2ccccc2)C1. The third-order valence-electron chi connectivity index (χ3n) is 5.89. The molecule has 1 unspecified atom stereocenters. The lowest BCUT2D eigenvalue weighted by atomic mass is 9.66. The number of hydrogen-bond donors (Lipinski definition) is 1. The van der Waals surface area contributed by atoms with Crippen LogP contribution in [0.3, 0.4) is 0 Å². The minimum absolute atomic E-state index is 0.268. The molecule has 0 bridgehead atoms. The van der Waals surface area contributed by atoms with Crippen molar-refractivity contribution in [2.45, 2.75) is 30.6 Å². The minimum Gasteiger partial charge on any atom is -0.411 e. The number of fused-ring (bicyclic) bond motifs is 1. The van der Waals surface area contributed by atoms with Gasteiger partial charge in [-0.05, 0) is 49.5 Å². The second kappa shape index (κ2) is 7.53. The second-order valence-corrected chi connectivity index (χ2v) is 9.54. The number of nitrogens with zero attached hydrogens (tertiary/aromatic N) is 2. The lowest BCUT2D eigenvalue weighted by molar-refractivity contribution is 0.196. The summed E-state index contributed by atoms with van der Waals surface area (Å²) < 4.78 is 28.1. The zero-order valence-corrected chi connectivity index (χ0v) is 16.5. The molecule has 2 aromatic rings. The van der Waals surface area contributed by atoms with Crippen molar-refractivity contribution in [1.29, 1.82) is 0 Å². The molecule has 1 aliphatic heterocycles. The highest BCUT2D eigenvalue weighted by molar-refractivity contribution is 7.89. The molecular weight excluding hydrogens is 372 g/mol. The van der Waals surface area contributed by atoms with Crippen LogP contribution in [0.5, 0.6) is 0 Å². The van der Waals surface area contributed by atoms with E-state index < -0.39 is 10.0 Å². The molecule has 4 rings (SSSR count). The largest absolute Gasteiger partial charge is 0.411 e. The minimum atomic E-state index is -3.54. The van der Waals surface area contributed by atoms with Crippen LogP contribution in [0.25, 0.3) is 0 Å². The lowest BCUT2D eigenvalue weighted by Gasteiger charge is -2.46. The second-order valence-electron chi connectivity index (χ2n) is 7.61. The van der Waals surface area contributed by atoms with Gasteiger partial charge in [-0.25, -0.2) is 8.42 Å². The van der Waals surface area contributed by atoms with Crippen LogP contribution in [0.15, 0.2) is 82.4 Å². The third kappa shape index (κ3) is 3.50. The number of oxime groups is 1. The number of rotatable bonds is 4. The van der Waals surface area contributed by atoms with Crippen molar-refractivity contribution in [2.24, 2.45) is 10.6 Å².